The van der Waals surface area contributed by atoms with Crippen molar-refractivity contribution >= 4 is 28.6 Å². The second-order valence-electron chi connectivity index (χ2n) is 4.46. The minimum absolute atomic E-state index is 0.0570. The number of hydrogen-bond acceptors (Lipinski definition) is 9. The number of nitrogens with two attached hydrogens (primary N) is 1. The Morgan fingerprint density at radius 2 is 1.92 bits per heavy atom. The molecule has 0 saturated heterocycles. The molecule has 1 amide bonds. The molecule has 0 saturated carbocycles. The van der Waals surface area contributed by atoms with E-state index in [2.05, 4.69) is 20.7 Å². The molecule has 0 radical (unpaired) electrons. The number of carbonyl (C=O) groups is 1. The maximum absolute atomic E-state index is 11.8. The zero-order valence-corrected chi connectivity index (χ0v) is 14.2. The molecule has 0 aliphatic carbocycles. The van der Waals surface area contributed by atoms with Gasteiger partial charge in [0, 0.05) is 5.56 Å². The minimum Gasteiger partial charge on any atom is -0.493 e. The normalized spacial score (nSPS) is 10.6. The summed E-state index contributed by atoms with van der Waals surface area (Å²) in [6.07, 6.45) is 1.53. The van der Waals surface area contributed by atoms with E-state index in [9.17, 15) is 4.79 Å². The maximum Gasteiger partial charge on any atom is 0.247 e. The molecule has 24 heavy (non-hydrogen) atoms. The van der Waals surface area contributed by atoms with E-state index in [1.54, 1.807) is 12.1 Å². The van der Waals surface area contributed by atoms with Gasteiger partial charge in [-0.15, -0.1) is 10.2 Å². The van der Waals surface area contributed by atoms with Gasteiger partial charge in [0.25, 0.3) is 0 Å². The Morgan fingerprint density at radius 1 is 1.25 bits per heavy atom. The van der Waals surface area contributed by atoms with E-state index in [1.165, 1.54) is 27.5 Å². The molecule has 1 heterocycles. The zero-order chi connectivity index (χ0) is 17.5. The summed E-state index contributed by atoms with van der Waals surface area (Å²) in [4.78, 5) is 11.8. The van der Waals surface area contributed by atoms with Crippen molar-refractivity contribution in [1.82, 2.24) is 15.6 Å². The van der Waals surface area contributed by atoms with Crippen LogP contribution in [0.5, 0.6) is 17.2 Å². The first kappa shape index (κ1) is 17.5. The Hall–Kier alpha value is -2.88. The molecular formula is C14H17N5O4S. The standard InChI is InChI=1S/C14H17N5O4S/c1-21-9-4-8(5-10(22-2)13(9)23-3)7-16-17-11(20)6-12-18-19-14(15)24-12/h4-5,7H,6H2,1-3H3,(H2,15,19)(H,17,20)/b16-7-. The third-order valence-electron chi connectivity index (χ3n) is 2.88. The van der Waals surface area contributed by atoms with Gasteiger partial charge in [-0.05, 0) is 12.1 Å². The van der Waals surface area contributed by atoms with Gasteiger partial charge >= 0.3 is 0 Å². The summed E-state index contributed by atoms with van der Waals surface area (Å²) >= 11 is 1.16. The summed E-state index contributed by atoms with van der Waals surface area (Å²) in [6.45, 7) is 0. The maximum atomic E-state index is 11.8. The van der Waals surface area contributed by atoms with Crippen LogP contribution in [0.4, 0.5) is 5.13 Å². The summed E-state index contributed by atoms with van der Waals surface area (Å²) in [7, 11) is 4.57. The van der Waals surface area contributed by atoms with Crippen LogP contribution in [0.15, 0.2) is 17.2 Å². The monoisotopic (exact) mass is 351 g/mol. The Labute approximate surface area is 142 Å². The Morgan fingerprint density at radius 3 is 2.42 bits per heavy atom. The largest absolute Gasteiger partial charge is 0.493 e. The Kier molecular flexibility index (Phi) is 5.90. The average molecular weight is 351 g/mol. The molecular weight excluding hydrogens is 334 g/mol. The number of aromatic nitrogens is 2. The van der Waals surface area contributed by atoms with E-state index in [0.29, 0.717) is 33.0 Å². The first-order chi connectivity index (χ1) is 11.6. The van der Waals surface area contributed by atoms with E-state index in [1.807, 2.05) is 0 Å². The van der Waals surface area contributed by atoms with Crippen LogP contribution in [0.2, 0.25) is 0 Å². The summed E-state index contributed by atoms with van der Waals surface area (Å²) < 4.78 is 15.7. The molecule has 0 spiro atoms. The zero-order valence-electron chi connectivity index (χ0n) is 13.4. The lowest BCUT2D eigenvalue weighted by Crippen LogP contribution is -2.19. The number of amides is 1. The van der Waals surface area contributed by atoms with Gasteiger partial charge in [0.1, 0.15) is 5.01 Å². The van der Waals surface area contributed by atoms with Gasteiger partial charge in [-0.2, -0.15) is 5.10 Å². The highest BCUT2D eigenvalue weighted by molar-refractivity contribution is 7.15. The molecule has 0 aliphatic heterocycles. The van der Waals surface area contributed by atoms with Gasteiger partial charge in [0.15, 0.2) is 11.5 Å². The molecule has 2 aromatic rings. The number of anilines is 1. The molecule has 0 bridgehead atoms. The number of benzene rings is 1. The third-order valence-corrected chi connectivity index (χ3v) is 3.64. The number of methoxy groups -OCH3 is 3. The number of nitrogens with zero attached hydrogens (tertiary/aromatic N) is 3. The van der Waals surface area contributed by atoms with E-state index in [0.717, 1.165) is 11.3 Å². The molecule has 10 heteroatoms. The van der Waals surface area contributed by atoms with Crippen molar-refractivity contribution in [2.75, 3.05) is 27.1 Å². The van der Waals surface area contributed by atoms with Crippen molar-refractivity contribution in [3.8, 4) is 17.2 Å². The number of hydrazone groups is 1. The van der Waals surface area contributed by atoms with Gasteiger partial charge in [0.05, 0.1) is 34.0 Å². The van der Waals surface area contributed by atoms with E-state index in [4.69, 9.17) is 19.9 Å². The first-order valence-electron chi connectivity index (χ1n) is 6.77. The number of carbonyl (C=O) groups excluding carboxylic acids is 1. The quantitative estimate of drug-likeness (QED) is 0.560. The lowest BCUT2D eigenvalue weighted by atomic mass is 10.2. The summed E-state index contributed by atoms with van der Waals surface area (Å²) in [5.41, 5.74) is 8.54. The van der Waals surface area contributed by atoms with Gasteiger partial charge < -0.3 is 19.9 Å². The number of hydrogen-bond donors (Lipinski definition) is 2. The highest BCUT2D eigenvalue weighted by atomic mass is 32.1. The number of nitrogen functional groups attached to an aromatic ring is 1. The Bertz CT molecular complexity index is 722. The predicted molar refractivity (Wildman–Crippen MR) is 89.9 cm³/mol. The summed E-state index contributed by atoms with van der Waals surface area (Å²) in [5, 5.41) is 12.1. The topological polar surface area (TPSA) is 121 Å². The fourth-order valence-electron chi connectivity index (χ4n) is 1.87. The summed E-state index contributed by atoms with van der Waals surface area (Å²) in [5.74, 6) is 1.15. The molecule has 0 fully saturated rings. The van der Waals surface area contributed by atoms with Crippen LogP contribution >= 0.6 is 11.3 Å². The molecule has 128 valence electrons. The minimum atomic E-state index is -0.324. The first-order valence-corrected chi connectivity index (χ1v) is 7.58. The van der Waals surface area contributed by atoms with Crippen LogP contribution in [-0.4, -0.2) is 43.6 Å². The van der Waals surface area contributed by atoms with Crippen LogP contribution < -0.4 is 25.4 Å². The van der Waals surface area contributed by atoms with Crippen LogP contribution in [0.25, 0.3) is 0 Å². The Balaban J connectivity index is 2.04. The van der Waals surface area contributed by atoms with Crippen LogP contribution in [0.3, 0.4) is 0 Å². The lowest BCUT2D eigenvalue weighted by molar-refractivity contribution is -0.120. The molecule has 9 nitrogen and oxygen atoms in total. The second kappa shape index (κ2) is 8.11. The van der Waals surface area contributed by atoms with Crippen molar-refractivity contribution in [2.24, 2.45) is 5.10 Å². The van der Waals surface area contributed by atoms with Crippen LogP contribution in [0.1, 0.15) is 10.6 Å². The SMILES string of the molecule is COc1cc(/C=N\NC(=O)Cc2nnc(N)s2)cc(OC)c1OC. The lowest BCUT2D eigenvalue weighted by Gasteiger charge is -2.12. The van der Waals surface area contributed by atoms with Gasteiger partial charge in [-0.3, -0.25) is 4.79 Å². The second-order valence-corrected chi connectivity index (χ2v) is 5.56. The van der Waals surface area contributed by atoms with Crippen molar-refractivity contribution < 1.29 is 19.0 Å². The highest BCUT2D eigenvalue weighted by Gasteiger charge is 2.12. The highest BCUT2D eigenvalue weighted by Crippen LogP contribution is 2.37. The predicted octanol–water partition coefficient (Wildman–Crippen LogP) is 0.839. The van der Waals surface area contributed by atoms with Crippen LogP contribution in [-0.2, 0) is 11.2 Å². The van der Waals surface area contributed by atoms with E-state index < -0.39 is 0 Å². The number of rotatable bonds is 7. The van der Waals surface area contributed by atoms with E-state index >= 15 is 0 Å². The van der Waals surface area contributed by atoms with Gasteiger partial charge in [0.2, 0.25) is 16.8 Å². The molecule has 1 aromatic carbocycles. The molecule has 1 aromatic heterocycles. The average Bonchev–Trinajstić information content (AvgIpc) is 2.98. The van der Waals surface area contributed by atoms with E-state index in [-0.39, 0.29) is 12.3 Å². The molecule has 0 atom stereocenters. The molecule has 2 rings (SSSR count). The molecule has 0 unspecified atom stereocenters. The smallest absolute Gasteiger partial charge is 0.247 e. The number of nitrogens with one attached hydrogen (secondary N) is 1. The van der Waals surface area contributed by atoms with Crippen molar-refractivity contribution in [3.63, 3.8) is 0 Å². The molecule has 3 N–H and O–H groups in total. The third kappa shape index (κ3) is 4.32. The van der Waals surface area contributed by atoms with Crippen molar-refractivity contribution in [3.05, 3.63) is 22.7 Å². The van der Waals surface area contributed by atoms with Gasteiger partial charge in [-0.1, -0.05) is 11.3 Å². The van der Waals surface area contributed by atoms with Gasteiger partial charge in [-0.25, -0.2) is 5.43 Å². The summed E-state index contributed by atoms with van der Waals surface area (Å²) in [6, 6.07) is 3.42. The fourth-order valence-corrected chi connectivity index (χ4v) is 2.48. The van der Waals surface area contributed by atoms with Crippen molar-refractivity contribution in [1.29, 1.82) is 0 Å². The fraction of sp³-hybridized carbons (Fsp3) is 0.286. The van der Waals surface area contributed by atoms with Crippen LogP contribution in [0, 0.1) is 0 Å². The van der Waals surface area contributed by atoms with Crippen molar-refractivity contribution in [2.45, 2.75) is 6.42 Å². The molecule has 0 aliphatic rings. The number of ether oxygens (including phenoxy) is 3.